The first-order valence-electron chi connectivity index (χ1n) is 5.81. The summed E-state index contributed by atoms with van der Waals surface area (Å²) in [7, 11) is 1.84. The summed E-state index contributed by atoms with van der Waals surface area (Å²) in [5, 5.41) is 13.2. The molecule has 1 aliphatic rings. The van der Waals surface area contributed by atoms with Gasteiger partial charge >= 0.3 is 0 Å². The number of nitrogen functional groups attached to an aromatic ring is 1. The summed E-state index contributed by atoms with van der Waals surface area (Å²) in [5.41, 5.74) is 8.37. The minimum absolute atomic E-state index is 0.178. The van der Waals surface area contributed by atoms with Crippen LogP contribution in [0.1, 0.15) is 12.8 Å². The van der Waals surface area contributed by atoms with Crippen molar-refractivity contribution in [2.45, 2.75) is 18.9 Å². The van der Waals surface area contributed by atoms with Crippen LogP contribution in [0.3, 0.4) is 0 Å². The van der Waals surface area contributed by atoms with Gasteiger partial charge in [-0.25, -0.2) is 0 Å². The Morgan fingerprint density at radius 1 is 1.41 bits per heavy atom. The van der Waals surface area contributed by atoms with Crippen LogP contribution in [0.4, 0.5) is 17.1 Å². The number of piperidine rings is 1. The molecule has 5 heteroatoms. The zero-order valence-electron chi connectivity index (χ0n) is 9.91. The van der Waals surface area contributed by atoms with E-state index in [4.69, 9.17) is 17.3 Å². The molecule has 1 aliphatic heterocycles. The highest BCUT2D eigenvalue weighted by molar-refractivity contribution is 6.33. The second kappa shape index (κ2) is 5.02. The summed E-state index contributed by atoms with van der Waals surface area (Å²) in [6, 6.07) is 3.74. The summed E-state index contributed by atoms with van der Waals surface area (Å²) in [6.45, 7) is 1.65. The van der Waals surface area contributed by atoms with Crippen LogP contribution in [-0.2, 0) is 0 Å². The lowest BCUT2D eigenvalue weighted by Gasteiger charge is -2.32. The second-order valence-corrected chi connectivity index (χ2v) is 4.77. The van der Waals surface area contributed by atoms with Crippen molar-refractivity contribution in [3.63, 3.8) is 0 Å². The third kappa shape index (κ3) is 2.58. The van der Waals surface area contributed by atoms with Crippen LogP contribution in [0.15, 0.2) is 12.1 Å². The van der Waals surface area contributed by atoms with E-state index >= 15 is 0 Å². The Kier molecular flexibility index (Phi) is 3.64. The minimum atomic E-state index is -0.178. The summed E-state index contributed by atoms with van der Waals surface area (Å²) in [6.07, 6.45) is 1.40. The van der Waals surface area contributed by atoms with Crippen LogP contribution < -0.4 is 16.0 Å². The average Bonchev–Trinajstić information content (AvgIpc) is 2.31. The molecule has 1 fully saturated rings. The quantitative estimate of drug-likeness (QED) is 0.707. The van der Waals surface area contributed by atoms with Crippen molar-refractivity contribution in [3.8, 4) is 0 Å². The fourth-order valence-corrected chi connectivity index (χ4v) is 2.43. The molecule has 0 aromatic heterocycles. The van der Waals surface area contributed by atoms with Crippen molar-refractivity contribution < 1.29 is 5.11 Å². The molecule has 1 saturated heterocycles. The molecular weight excluding hydrogens is 238 g/mol. The molecule has 2 rings (SSSR count). The third-order valence-corrected chi connectivity index (χ3v) is 3.50. The van der Waals surface area contributed by atoms with Crippen LogP contribution in [0.25, 0.3) is 0 Å². The van der Waals surface area contributed by atoms with Gasteiger partial charge in [-0.3, -0.25) is 0 Å². The van der Waals surface area contributed by atoms with Crippen molar-refractivity contribution in [3.05, 3.63) is 17.2 Å². The van der Waals surface area contributed by atoms with Crippen LogP contribution in [-0.4, -0.2) is 31.3 Å². The molecule has 0 aliphatic carbocycles. The van der Waals surface area contributed by atoms with E-state index in [1.165, 1.54) is 0 Å². The Labute approximate surface area is 106 Å². The molecule has 4 N–H and O–H groups in total. The van der Waals surface area contributed by atoms with E-state index in [1.807, 2.05) is 13.1 Å². The Hall–Kier alpha value is -1.13. The van der Waals surface area contributed by atoms with Gasteiger partial charge in [-0.1, -0.05) is 11.6 Å². The molecule has 1 aromatic carbocycles. The number of hydrogen-bond acceptors (Lipinski definition) is 4. The monoisotopic (exact) mass is 255 g/mol. The van der Waals surface area contributed by atoms with E-state index in [1.54, 1.807) is 6.07 Å². The lowest BCUT2D eigenvalue weighted by Crippen LogP contribution is -2.36. The van der Waals surface area contributed by atoms with Gasteiger partial charge < -0.3 is 21.1 Å². The highest BCUT2D eigenvalue weighted by Gasteiger charge is 2.19. The SMILES string of the molecule is CNc1cc(N2CCC(O)CC2)c(Cl)cc1N. The fraction of sp³-hybridized carbons (Fsp3) is 0.500. The number of aliphatic hydroxyl groups excluding tert-OH is 1. The molecule has 0 saturated carbocycles. The van der Waals surface area contributed by atoms with E-state index in [-0.39, 0.29) is 6.10 Å². The first-order valence-corrected chi connectivity index (χ1v) is 6.19. The average molecular weight is 256 g/mol. The predicted octanol–water partition coefficient (Wildman–Crippen LogP) is 1.92. The van der Waals surface area contributed by atoms with E-state index in [0.29, 0.717) is 10.7 Å². The Bertz CT molecular complexity index is 403. The van der Waals surface area contributed by atoms with Gasteiger partial charge in [0.15, 0.2) is 0 Å². The molecule has 94 valence electrons. The van der Waals surface area contributed by atoms with E-state index < -0.39 is 0 Å². The van der Waals surface area contributed by atoms with Crippen LogP contribution in [0.5, 0.6) is 0 Å². The van der Waals surface area contributed by atoms with Crippen molar-refractivity contribution >= 4 is 28.7 Å². The zero-order chi connectivity index (χ0) is 12.4. The number of nitrogens with two attached hydrogens (primary N) is 1. The lowest BCUT2D eigenvalue weighted by molar-refractivity contribution is 0.145. The van der Waals surface area contributed by atoms with Crippen molar-refractivity contribution in [1.29, 1.82) is 0 Å². The van der Waals surface area contributed by atoms with Crippen molar-refractivity contribution in [2.75, 3.05) is 36.1 Å². The van der Waals surface area contributed by atoms with Crippen molar-refractivity contribution in [1.82, 2.24) is 0 Å². The number of nitrogens with zero attached hydrogens (tertiary/aromatic N) is 1. The van der Waals surface area contributed by atoms with Gasteiger partial charge in [0.1, 0.15) is 0 Å². The van der Waals surface area contributed by atoms with E-state index in [9.17, 15) is 5.11 Å². The van der Waals surface area contributed by atoms with Gasteiger partial charge in [0.25, 0.3) is 0 Å². The number of rotatable bonds is 2. The smallest absolute Gasteiger partial charge is 0.0661 e. The van der Waals surface area contributed by atoms with Crippen LogP contribution in [0, 0.1) is 0 Å². The molecule has 0 amide bonds. The molecule has 1 heterocycles. The molecule has 0 spiro atoms. The number of hydrogen-bond donors (Lipinski definition) is 3. The minimum Gasteiger partial charge on any atom is -0.397 e. The topological polar surface area (TPSA) is 61.5 Å². The number of anilines is 3. The first-order chi connectivity index (χ1) is 8.11. The maximum absolute atomic E-state index is 9.50. The zero-order valence-corrected chi connectivity index (χ0v) is 10.7. The second-order valence-electron chi connectivity index (χ2n) is 4.36. The highest BCUT2D eigenvalue weighted by Crippen LogP contribution is 2.34. The van der Waals surface area contributed by atoms with E-state index in [2.05, 4.69) is 10.2 Å². The molecular formula is C12H18ClN3O. The van der Waals surface area contributed by atoms with Gasteiger partial charge in [0.05, 0.1) is 28.2 Å². The van der Waals surface area contributed by atoms with Crippen molar-refractivity contribution in [2.24, 2.45) is 0 Å². The normalized spacial score (nSPS) is 17.2. The largest absolute Gasteiger partial charge is 0.397 e. The Morgan fingerprint density at radius 3 is 2.65 bits per heavy atom. The maximum Gasteiger partial charge on any atom is 0.0661 e. The molecule has 0 bridgehead atoms. The molecule has 1 aromatic rings. The van der Waals surface area contributed by atoms with Gasteiger partial charge in [0.2, 0.25) is 0 Å². The standard InChI is InChI=1S/C12H18ClN3O/c1-15-11-7-12(9(13)6-10(11)14)16-4-2-8(17)3-5-16/h6-8,15,17H,2-5,14H2,1H3. The van der Waals surface area contributed by atoms with Crippen LogP contribution >= 0.6 is 11.6 Å². The van der Waals surface area contributed by atoms with Gasteiger partial charge in [-0.15, -0.1) is 0 Å². The fourth-order valence-electron chi connectivity index (χ4n) is 2.14. The Balaban J connectivity index is 2.25. The maximum atomic E-state index is 9.50. The van der Waals surface area contributed by atoms with Gasteiger partial charge in [-0.2, -0.15) is 0 Å². The highest BCUT2D eigenvalue weighted by atomic mass is 35.5. The van der Waals surface area contributed by atoms with Gasteiger partial charge in [-0.05, 0) is 25.0 Å². The molecule has 0 atom stereocenters. The van der Waals surface area contributed by atoms with Gasteiger partial charge in [0, 0.05) is 20.1 Å². The Morgan fingerprint density at radius 2 is 2.06 bits per heavy atom. The predicted molar refractivity (Wildman–Crippen MR) is 72.9 cm³/mol. The number of nitrogens with one attached hydrogen (secondary N) is 1. The first kappa shape index (κ1) is 12.3. The molecule has 0 radical (unpaired) electrons. The summed E-state index contributed by atoms with van der Waals surface area (Å²) in [5.74, 6) is 0. The van der Waals surface area contributed by atoms with Crippen LogP contribution in [0.2, 0.25) is 5.02 Å². The molecule has 4 nitrogen and oxygen atoms in total. The lowest BCUT2D eigenvalue weighted by atomic mass is 10.1. The summed E-state index contributed by atoms with van der Waals surface area (Å²) >= 11 is 6.22. The van der Waals surface area contributed by atoms with E-state index in [0.717, 1.165) is 37.3 Å². The number of benzene rings is 1. The summed E-state index contributed by atoms with van der Waals surface area (Å²) in [4.78, 5) is 2.19. The molecule has 0 unspecified atom stereocenters. The third-order valence-electron chi connectivity index (χ3n) is 3.19. The number of halogens is 1. The number of aliphatic hydroxyl groups is 1. The molecule has 17 heavy (non-hydrogen) atoms. The summed E-state index contributed by atoms with van der Waals surface area (Å²) < 4.78 is 0.